The first-order chi connectivity index (χ1) is 10.7. The zero-order valence-electron chi connectivity index (χ0n) is 14.5. The Hall–Kier alpha value is -1.35. The highest BCUT2D eigenvalue weighted by Gasteiger charge is 2.52. The highest BCUT2D eigenvalue weighted by molar-refractivity contribution is 5.86. The smallest absolute Gasteiger partial charge is 0.333 e. The lowest BCUT2D eigenvalue weighted by molar-refractivity contribution is -0.150. The molecule has 0 aromatic heterocycles. The van der Waals surface area contributed by atoms with Crippen molar-refractivity contribution in [2.75, 3.05) is 0 Å². The Morgan fingerprint density at radius 1 is 1.35 bits per heavy atom. The van der Waals surface area contributed by atoms with Gasteiger partial charge in [-0.3, -0.25) is 0 Å². The molecule has 0 bridgehead atoms. The van der Waals surface area contributed by atoms with E-state index in [0.29, 0.717) is 22.8 Å². The van der Waals surface area contributed by atoms with Gasteiger partial charge >= 0.3 is 5.97 Å². The fraction of sp³-hybridized carbons (Fsp3) is 0.650. The molecule has 3 aliphatic rings. The lowest BCUT2D eigenvalue weighted by Gasteiger charge is -2.57. The Balaban J connectivity index is 1.89. The van der Waals surface area contributed by atoms with Crippen LogP contribution in [-0.2, 0) is 9.53 Å². The number of aliphatic hydroxyl groups is 1. The second-order valence-corrected chi connectivity index (χ2v) is 8.37. The fourth-order valence-corrected chi connectivity index (χ4v) is 5.32. The highest BCUT2D eigenvalue weighted by atomic mass is 16.6. The molecule has 1 N–H and O–H groups in total. The summed E-state index contributed by atoms with van der Waals surface area (Å²) < 4.78 is 4.76. The second kappa shape index (κ2) is 5.62. The summed E-state index contributed by atoms with van der Waals surface area (Å²) in [5, 5.41) is 9.75. The number of hydrogen-bond donors (Lipinski definition) is 1. The first-order valence-corrected chi connectivity index (χ1v) is 8.70. The average Bonchev–Trinajstić information content (AvgIpc) is 2.75. The lowest BCUT2D eigenvalue weighted by atomic mass is 9.47. The zero-order chi connectivity index (χ0) is 16.8. The van der Waals surface area contributed by atoms with Gasteiger partial charge in [0.15, 0.2) is 0 Å². The van der Waals surface area contributed by atoms with Gasteiger partial charge in [-0.15, -0.1) is 0 Å². The van der Waals surface area contributed by atoms with Crippen LogP contribution in [0.1, 0.15) is 52.9 Å². The average molecular weight is 316 g/mol. The van der Waals surface area contributed by atoms with Crippen molar-refractivity contribution in [2.24, 2.45) is 22.7 Å². The molecule has 1 aliphatic heterocycles. The number of allylic oxidation sites excluding steroid dienone is 2. The number of carbonyl (C=O) groups is 1. The van der Waals surface area contributed by atoms with Crippen molar-refractivity contribution >= 4 is 5.97 Å². The van der Waals surface area contributed by atoms with Crippen LogP contribution < -0.4 is 0 Å². The van der Waals surface area contributed by atoms with Crippen LogP contribution in [0, 0.1) is 22.7 Å². The van der Waals surface area contributed by atoms with Gasteiger partial charge in [-0.25, -0.2) is 4.79 Å². The van der Waals surface area contributed by atoms with Crippen LogP contribution in [0.15, 0.2) is 36.0 Å². The number of hydrogen-bond acceptors (Lipinski definition) is 3. The van der Waals surface area contributed by atoms with E-state index in [0.717, 1.165) is 6.42 Å². The summed E-state index contributed by atoms with van der Waals surface area (Å²) in [6, 6.07) is 0. The molecular weight excluding hydrogens is 288 g/mol. The van der Waals surface area contributed by atoms with Crippen molar-refractivity contribution < 1.29 is 14.6 Å². The van der Waals surface area contributed by atoms with Crippen molar-refractivity contribution in [3.8, 4) is 0 Å². The van der Waals surface area contributed by atoms with Gasteiger partial charge in [-0.2, -0.15) is 0 Å². The van der Waals surface area contributed by atoms with Gasteiger partial charge in [0.1, 0.15) is 0 Å². The molecule has 3 nitrogen and oxygen atoms in total. The molecule has 2 saturated carbocycles. The Morgan fingerprint density at radius 2 is 2.09 bits per heavy atom. The molecule has 0 spiro atoms. The predicted octanol–water partition coefficient (Wildman–Crippen LogP) is 4.14. The van der Waals surface area contributed by atoms with Gasteiger partial charge < -0.3 is 9.84 Å². The number of aliphatic hydroxyl groups excluding tert-OH is 1. The van der Waals surface area contributed by atoms with Crippen LogP contribution in [0.5, 0.6) is 0 Å². The molecule has 2 aliphatic carbocycles. The number of ether oxygens (including phenoxy) is 1. The topological polar surface area (TPSA) is 46.5 Å². The van der Waals surface area contributed by atoms with E-state index in [-0.39, 0.29) is 5.41 Å². The molecule has 0 radical (unpaired) electrons. The number of fused-ring (bicyclic) bond motifs is 1. The Bertz CT molecular complexity index is 584. The number of carbonyl (C=O) groups excluding carboxylic acids is 1. The maximum Gasteiger partial charge on any atom is 0.333 e. The van der Waals surface area contributed by atoms with Gasteiger partial charge in [0, 0.05) is 17.6 Å². The minimum atomic E-state index is -1.12. The first kappa shape index (κ1) is 16.5. The van der Waals surface area contributed by atoms with E-state index in [9.17, 15) is 9.90 Å². The van der Waals surface area contributed by atoms with Crippen molar-refractivity contribution in [2.45, 2.75) is 59.2 Å². The lowest BCUT2D eigenvalue weighted by Crippen LogP contribution is -2.48. The second-order valence-electron chi connectivity index (χ2n) is 8.37. The van der Waals surface area contributed by atoms with Crippen LogP contribution >= 0.6 is 0 Å². The first-order valence-electron chi connectivity index (χ1n) is 8.70. The van der Waals surface area contributed by atoms with Gasteiger partial charge in [0.2, 0.25) is 6.29 Å². The molecule has 0 saturated heterocycles. The highest BCUT2D eigenvalue weighted by Crippen LogP contribution is 2.61. The van der Waals surface area contributed by atoms with E-state index < -0.39 is 12.3 Å². The largest absolute Gasteiger partial charge is 0.428 e. The maximum atomic E-state index is 11.2. The summed E-state index contributed by atoms with van der Waals surface area (Å²) in [6.07, 6.45) is 10.3. The van der Waals surface area contributed by atoms with Crippen LogP contribution in [0.25, 0.3) is 0 Å². The summed E-state index contributed by atoms with van der Waals surface area (Å²) in [6.45, 7) is 11.5. The molecule has 0 amide bonds. The Kier molecular flexibility index (Phi) is 4.04. The summed E-state index contributed by atoms with van der Waals surface area (Å²) in [4.78, 5) is 11.2. The van der Waals surface area contributed by atoms with E-state index in [2.05, 4.69) is 33.4 Å². The minimum absolute atomic E-state index is 0.211. The third-order valence-electron chi connectivity index (χ3n) is 6.46. The molecule has 0 aromatic carbocycles. The third-order valence-corrected chi connectivity index (χ3v) is 6.46. The van der Waals surface area contributed by atoms with Crippen LogP contribution in [0.2, 0.25) is 0 Å². The van der Waals surface area contributed by atoms with Gasteiger partial charge in [0.25, 0.3) is 0 Å². The van der Waals surface area contributed by atoms with Crippen LogP contribution in [-0.4, -0.2) is 17.4 Å². The molecule has 3 rings (SSSR count). The molecule has 1 heterocycles. The fourth-order valence-electron chi connectivity index (χ4n) is 5.32. The zero-order valence-corrected chi connectivity index (χ0v) is 14.5. The molecule has 2 fully saturated rings. The summed E-state index contributed by atoms with van der Waals surface area (Å²) in [7, 11) is 0. The van der Waals surface area contributed by atoms with E-state index in [1.807, 2.05) is 6.08 Å². The maximum absolute atomic E-state index is 11.2. The summed E-state index contributed by atoms with van der Waals surface area (Å²) >= 11 is 0. The monoisotopic (exact) mass is 316 g/mol. The number of cyclic esters (lactones) is 1. The molecule has 0 aromatic rings. The van der Waals surface area contributed by atoms with E-state index in [1.54, 1.807) is 0 Å². The molecule has 4 unspecified atom stereocenters. The van der Waals surface area contributed by atoms with Gasteiger partial charge in [-0.05, 0) is 42.4 Å². The standard InChI is InChI=1S/C20H28O3/c1-13-6-9-16-19(2,3)10-5-11-20(16,4)15(13)8-7-14-12-17(21)23-18(14)22/h7-8,12,15-16,18,22H,1,5-6,9-11H2,2-4H3. The molecule has 4 atom stereocenters. The molecule has 3 heteroatoms. The van der Waals surface area contributed by atoms with E-state index in [4.69, 9.17) is 4.74 Å². The predicted molar refractivity (Wildman–Crippen MR) is 90.4 cm³/mol. The van der Waals surface area contributed by atoms with Crippen LogP contribution in [0.4, 0.5) is 0 Å². The Labute approximate surface area is 139 Å². The SMILES string of the molecule is C=C1CCC2C(C)(C)CCCC2(C)C1C=CC1=CC(=O)OC1O. The van der Waals surface area contributed by atoms with Crippen LogP contribution in [0.3, 0.4) is 0 Å². The number of rotatable bonds is 2. The Morgan fingerprint density at radius 3 is 2.74 bits per heavy atom. The quantitative estimate of drug-likeness (QED) is 0.615. The number of esters is 1. The van der Waals surface area contributed by atoms with Crippen molar-refractivity contribution in [1.29, 1.82) is 0 Å². The van der Waals surface area contributed by atoms with Gasteiger partial charge in [-0.1, -0.05) is 51.5 Å². The normalized spacial score (nSPS) is 40.0. The minimum Gasteiger partial charge on any atom is -0.428 e. The van der Waals surface area contributed by atoms with E-state index in [1.165, 1.54) is 37.3 Å². The van der Waals surface area contributed by atoms with Crippen molar-refractivity contribution in [1.82, 2.24) is 0 Å². The molecule has 23 heavy (non-hydrogen) atoms. The van der Waals surface area contributed by atoms with E-state index >= 15 is 0 Å². The van der Waals surface area contributed by atoms with Crippen molar-refractivity contribution in [3.63, 3.8) is 0 Å². The summed E-state index contributed by atoms with van der Waals surface area (Å²) in [5.74, 6) is 0.511. The molecule has 126 valence electrons. The summed E-state index contributed by atoms with van der Waals surface area (Å²) in [5.41, 5.74) is 2.40. The van der Waals surface area contributed by atoms with Gasteiger partial charge in [0.05, 0.1) is 0 Å². The van der Waals surface area contributed by atoms with Crippen molar-refractivity contribution in [3.05, 3.63) is 36.0 Å². The molecular formula is C20H28O3. The third kappa shape index (κ3) is 2.80.